The molecule has 4 rings (SSSR count). The van der Waals surface area contributed by atoms with E-state index < -0.39 is 14.8 Å². The van der Waals surface area contributed by atoms with Crippen LogP contribution < -0.4 is 4.31 Å². The maximum absolute atomic E-state index is 13.7. The fourth-order valence-corrected chi connectivity index (χ4v) is 6.00. The van der Waals surface area contributed by atoms with Crippen molar-refractivity contribution in [2.24, 2.45) is 0 Å². The van der Waals surface area contributed by atoms with E-state index in [-0.39, 0.29) is 18.7 Å². The summed E-state index contributed by atoms with van der Waals surface area (Å²) >= 11 is 0. The number of anilines is 1. The number of rotatable bonds is 3. The van der Waals surface area contributed by atoms with E-state index in [2.05, 4.69) is 30.3 Å². The Balaban J connectivity index is 1.69. The number of Topliss-reactive ketones (excluding diaryl/α,β-unsaturated/α-hetero) is 1. The predicted molar refractivity (Wildman–Crippen MR) is 118 cm³/mol. The number of nitrogens with zero attached hydrogens (tertiary/aromatic N) is 1. The number of hydrogen-bond acceptors (Lipinski definition) is 3. The minimum absolute atomic E-state index is 0.00338. The van der Waals surface area contributed by atoms with Crippen molar-refractivity contribution in [1.82, 2.24) is 0 Å². The molecule has 4 nitrogen and oxygen atoms in total. The highest BCUT2D eigenvalue weighted by Crippen LogP contribution is 2.40. The molecular formula is C24H25NO3S. The number of allylic oxidation sites excluding steroid dienone is 2. The van der Waals surface area contributed by atoms with Gasteiger partial charge in [-0.3, -0.25) is 9.10 Å². The summed E-state index contributed by atoms with van der Waals surface area (Å²) in [6, 6.07) is 15.2. The van der Waals surface area contributed by atoms with E-state index in [4.69, 9.17) is 0 Å². The van der Waals surface area contributed by atoms with E-state index >= 15 is 0 Å². The normalized spacial score (nSPS) is 23.3. The van der Waals surface area contributed by atoms with Crippen LogP contribution in [0.25, 0.3) is 6.08 Å². The summed E-state index contributed by atoms with van der Waals surface area (Å²) in [5.74, 6) is -0.00338. The predicted octanol–water partition coefficient (Wildman–Crippen LogP) is 4.91. The SMILES string of the molecule is Cc1ccc(/C=C2\CC=CC(C)(S(=O)(=O)N3CCC(=O)c4ccccc43)C2)cc1. The Morgan fingerprint density at radius 2 is 1.79 bits per heavy atom. The molecule has 29 heavy (non-hydrogen) atoms. The maximum atomic E-state index is 13.7. The summed E-state index contributed by atoms with van der Waals surface area (Å²) in [7, 11) is -3.70. The van der Waals surface area contributed by atoms with Crippen molar-refractivity contribution < 1.29 is 13.2 Å². The van der Waals surface area contributed by atoms with E-state index in [1.165, 1.54) is 9.87 Å². The van der Waals surface area contributed by atoms with Crippen LogP contribution in [-0.2, 0) is 10.0 Å². The van der Waals surface area contributed by atoms with Crippen molar-refractivity contribution >= 4 is 27.6 Å². The van der Waals surface area contributed by atoms with Gasteiger partial charge in [-0.2, -0.15) is 0 Å². The highest BCUT2D eigenvalue weighted by molar-refractivity contribution is 7.94. The Morgan fingerprint density at radius 3 is 2.55 bits per heavy atom. The highest BCUT2D eigenvalue weighted by Gasteiger charge is 2.45. The Morgan fingerprint density at radius 1 is 1.07 bits per heavy atom. The first-order valence-electron chi connectivity index (χ1n) is 9.88. The van der Waals surface area contributed by atoms with Crippen LogP contribution in [0.1, 0.15) is 47.7 Å². The average Bonchev–Trinajstić information content (AvgIpc) is 2.70. The van der Waals surface area contributed by atoms with E-state index in [0.717, 1.165) is 17.6 Å². The van der Waals surface area contributed by atoms with Crippen molar-refractivity contribution in [2.75, 3.05) is 10.8 Å². The van der Waals surface area contributed by atoms with Crippen molar-refractivity contribution in [3.8, 4) is 0 Å². The molecule has 1 aliphatic heterocycles. The van der Waals surface area contributed by atoms with Gasteiger partial charge in [-0.1, -0.05) is 65.8 Å². The van der Waals surface area contributed by atoms with Crippen LogP contribution in [0.4, 0.5) is 5.69 Å². The van der Waals surface area contributed by atoms with Gasteiger partial charge in [0.05, 0.1) is 5.69 Å². The molecule has 2 aliphatic rings. The summed E-state index contributed by atoms with van der Waals surface area (Å²) in [6.07, 6.45) is 7.24. The number of benzene rings is 2. The molecule has 0 spiro atoms. The van der Waals surface area contributed by atoms with Gasteiger partial charge in [-0.25, -0.2) is 8.42 Å². The molecule has 0 amide bonds. The summed E-state index contributed by atoms with van der Waals surface area (Å²) in [5.41, 5.74) is 4.34. The number of aryl methyl sites for hydroxylation is 1. The van der Waals surface area contributed by atoms with Crippen LogP contribution in [-0.4, -0.2) is 25.5 Å². The molecule has 5 heteroatoms. The van der Waals surface area contributed by atoms with E-state index in [0.29, 0.717) is 17.7 Å². The van der Waals surface area contributed by atoms with E-state index in [9.17, 15) is 13.2 Å². The molecule has 0 saturated carbocycles. The lowest BCUT2D eigenvalue weighted by molar-refractivity contribution is 0.0982. The van der Waals surface area contributed by atoms with Crippen LogP contribution in [0.5, 0.6) is 0 Å². The molecule has 1 heterocycles. The van der Waals surface area contributed by atoms with Crippen LogP contribution in [0, 0.1) is 6.92 Å². The van der Waals surface area contributed by atoms with Gasteiger partial charge in [0.2, 0.25) is 10.0 Å². The third-order valence-electron chi connectivity index (χ3n) is 5.77. The van der Waals surface area contributed by atoms with Gasteiger partial charge < -0.3 is 0 Å². The zero-order valence-corrected chi connectivity index (χ0v) is 17.6. The Bertz CT molecular complexity index is 1110. The van der Waals surface area contributed by atoms with Crippen LogP contribution >= 0.6 is 0 Å². The first-order valence-corrected chi connectivity index (χ1v) is 11.3. The molecule has 2 aromatic carbocycles. The molecule has 0 bridgehead atoms. The zero-order chi connectivity index (χ0) is 20.6. The Labute approximate surface area is 172 Å². The van der Waals surface area contributed by atoms with Crippen LogP contribution in [0.2, 0.25) is 0 Å². The summed E-state index contributed by atoms with van der Waals surface area (Å²) in [4.78, 5) is 12.2. The number of ketones is 1. The Kier molecular flexibility index (Phi) is 4.95. The van der Waals surface area contributed by atoms with Crippen LogP contribution in [0.15, 0.2) is 66.3 Å². The van der Waals surface area contributed by atoms with E-state index in [1.807, 2.05) is 19.1 Å². The van der Waals surface area contributed by atoms with E-state index in [1.54, 1.807) is 31.2 Å². The minimum Gasteiger partial charge on any atom is -0.294 e. The lowest BCUT2D eigenvalue weighted by atomic mass is 9.90. The minimum atomic E-state index is -3.70. The molecule has 0 aromatic heterocycles. The molecule has 1 unspecified atom stereocenters. The molecule has 0 radical (unpaired) electrons. The Hall–Kier alpha value is -2.66. The standard InChI is InChI=1S/C24H25NO3S/c1-18-9-11-19(12-10-18)16-20-6-5-14-24(2,17-20)29(27,28)25-15-13-23(26)21-7-3-4-8-22(21)25/h3-5,7-12,14,16H,6,13,15,17H2,1-2H3/b20-16+. The number of sulfonamides is 1. The second-order valence-electron chi connectivity index (χ2n) is 8.08. The number of carbonyl (C=O) groups is 1. The fourth-order valence-electron chi connectivity index (χ4n) is 4.11. The first kappa shape index (κ1) is 19.6. The zero-order valence-electron chi connectivity index (χ0n) is 16.8. The van der Waals surface area contributed by atoms with Crippen molar-refractivity contribution in [3.05, 3.63) is 82.9 Å². The van der Waals surface area contributed by atoms with Crippen molar-refractivity contribution in [1.29, 1.82) is 0 Å². The van der Waals surface area contributed by atoms with Gasteiger partial charge in [0.15, 0.2) is 5.78 Å². The molecule has 150 valence electrons. The monoisotopic (exact) mass is 407 g/mol. The number of fused-ring (bicyclic) bond motifs is 1. The van der Waals surface area contributed by atoms with Gasteiger partial charge in [-0.15, -0.1) is 0 Å². The largest absolute Gasteiger partial charge is 0.294 e. The number of hydrogen-bond donors (Lipinski definition) is 0. The van der Waals surface area contributed by atoms with Crippen LogP contribution in [0.3, 0.4) is 0 Å². The van der Waals surface area contributed by atoms with Gasteiger partial charge in [0.1, 0.15) is 4.75 Å². The van der Waals surface area contributed by atoms with Gasteiger partial charge in [0.25, 0.3) is 0 Å². The second-order valence-corrected chi connectivity index (χ2v) is 10.4. The smallest absolute Gasteiger partial charge is 0.244 e. The maximum Gasteiger partial charge on any atom is 0.244 e. The van der Waals surface area contributed by atoms with Gasteiger partial charge >= 0.3 is 0 Å². The topological polar surface area (TPSA) is 54.5 Å². The molecule has 0 fully saturated rings. The molecule has 2 aromatic rings. The third kappa shape index (κ3) is 3.55. The summed E-state index contributed by atoms with van der Waals surface area (Å²) < 4.78 is 27.8. The summed E-state index contributed by atoms with van der Waals surface area (Å²) in [5, 5.41) is 0. The number of para-hydroxylation sites is 1. The fraction of sp³-hybridized carbons (Fsp3) is 0.292. The third-order valence-corrected chi connectivity index (χ3v) is 8.19. The van der Waals surface area contributed by atoms with Crippen molar-refractivity contribution in [2.45, 2.75) is 37.9 Å². The van der Waals surface area contributed by atoms with Gasteiger partial charge in [-0.05, 0) is 44.4 Å². The molecular weight excluding hydrogens is 382 g/mol. The molecule has 1 atom stereocenters. The first-order chi connectivity index (χ1) is 13.8. The summed E-state index contributed by atoms with van der Waals surface area (Å²) in [6.45, 7) is 4.02. The lowest BCUT2D eigenvalue weighted by Gasteiger charge is -2.38. The molecule has 0 N–H and O–H groups in total. The highest BCUT2D eigenvalue weighted by atomic mass is 32.2. The van der Waals surface area contributed by atoms with Crippen molar-refractivity contribution in [3.63, 3.8) is 0 Å². The lowest BCUT2D eigenvalue weighted by Crippen LogP contribution is -2.49. The molecule has 1 aliphatic carbocycles. The second kappa shape index (κ2) is 7.30. The quantitative estimate of drug-likeness (QED) is 0.680. The number of carbonyl (C=O) groups excluding carboxylic acids is 1. The average molecular weight is 408 g/mol. The van der Waals surface area contributed by atoms with Gasteiger partial charge in [0, 0.05) is 18.5 Å². The molecule has 0 saturated heterocycles.